The normalized spacial score (nSPS) is 16.6. The fraction of sp³-hybridized carbons (Fsp3) is 0.522. The first-order valence-electron chi connectivity index (χ1n) is 11.1. The van der Waals surface area contributed by atoms with E-state index in [4.69, 9.17) is 4.74 Å². The average molecular weight is 443 g/mol. The molecule has 0 atom stereocenters. The third-order valence-corrected chi connectivity index (χ3v) is 6.88. The van der Waals surface area contributed by atoms with Gasteiger partial charge in [0.25, 0.3) is 0 Å². The fourth-order valence-corrected chi connectivity index (χ4v) is 5.05. The Labute approximate surface area is 187 Å². The number of nitrogens with one attached hydrogen (secondary N) is 1. The zero-order valence-electron chi connectivity index (χ0n) is 17.8. The van der Waals surface area contributed by atoms with Gasteiger partial charge < -0.3 is 10.1 Å². The Kier molecular flexibility index (Phi) is 7.77. The number of ether oxygens (including phenoxy) is 1. The lowest BCUT2D eigenvalue weighted by Crippen LogP contribution is -2.40. The van der Waals surface area contributed by atoms with Crippen LogP contribution in [-0.2, 0) is 35.5 Å². The lowest BCUT2D eigenvalue weighted by atomic mass is 9.97. The summed E-state index contributed by atoms with van der Waals surface area (Å²) in [6, 6.07) is 9.85. The standard InChI is InChI=1S/C23H30N4O3S/c28-21(24-16-18-6-2-1-3-7-18)17-31-22-19-8-4-5-9-20(19)27(23(29)25-22)11-10-26-12-14-30-15-13-26/h1-3,6-7H,4-5,8-17H2,(H,24,28). The van der Waals surface area contributed by atoms with E-state index in [9.17, 15) is 9.59 Å². The van der Waals surface area contributed by atoms with Crippen LogP contribution in [0.5, 0.6) is 0 Å². The average Bonchev–Trinajstić information content (AvgIpc) is 2.82. The highest BCUT2D eigenvalue weighted by Crippen LogP contribution is 2.28. The minimum atomic E-state index is -0.193. The van der Waals surface area contributed by atoms with Gasteiger partial charge in [-0.25, -0.2) is 4.79 Å². The third kappa shape index (κ3) is 5.96. The van der Waals surface area contributed by atoms with Gasteiger partial charge in [0.1, 0.15) is 5.03 Å². The molecular formula is C23H30N4O3S. The Morgan fingerprint density at radius 3 is 2.68 bits per heavy atom. The first kappa shape index (κ1) is 22.0. The summed E-state index contributed by atoms with van der Waals surface area (Å²) in [6.07, 6.45) is 4.03. The van der Waals surface area contributed by atoms with Crippen LogP contribution in [0.3, 0.4) is 0 Å². The Morgan fingerprint density at radius 1 is 1.10 bits per heavy atom. The lowest BCUT2D eigenvalue weighted by molar-refractivity contribution is -0.118. The molecule has 1 aromatic carbocycles. The molecule has 0 unspecified atom stereocenters. The highest BCUT2D eigenvalue weighted by Gasteiger charge is 2.21. The van der Waals surface area contributed by atoms with E-state index in [-0.39, 0.29) is 17.3 Å². The quantitative estimate of drug-likeness (QED) is 0.497. The number of thioether (sulfide) groups is 1. The molecule has 2 aliphatic rings. The number of aromatic nitrogens is 2. The number of fused-ring (bicyclic) bond motifs is 1. The van der Waals surface area contributed by atoms with E-state index < -0.39 is 0 Å². The maximum Gasteiger partial charge on any atom is 0.348 e. The van der Waals surface area contributed by atoms with Gasteiger partial charge in [0.15, 0.2) is 0 Å². The van der Waals surface area contributed by atoms with Gasteiger partial charge in [-0.05, 0) is 31.2 Å². The summed E-state index contributed by atoms with van der Waals surface area (Å²) in [5, 5.41) is 3.68. The van der Waals surface area contributed by atoms with Crippen molar-refractivity contribution in [1.29, 1.82) is 0 Å². The molecule has 0 spiro atoms. The van der Waals surface area contributed by atoms with E-state index in [1.165, 1.54) is 11.8 Å². The molecule has 8 heteroatoms. The number of nitrogens with zero attached hydrogens (tertiary/aromatic N) is 3. The number of hydrogen-bond acceptors (Lipinski definition) is 6. The number of carbonyl (C=O) groups excluding carboxylic acids is 1. The van der Waals surface area contributed by atoms with Gasteiger partial charge in [-0.15, -0.1) is 0 Å². The highest BCUT2D eigenvalue weighted by molar-refractivity contribution is 7.99. The molecule has 2 aromatic rings. The Bertz CT molecular complexity index is 942. The number of morpholine rings is 1. The molecule has 7 nitrogen and oxygen atoms in total. The number of rotatable bonds is 8. The molecule has 31 heavy (non-hydrogen) atoms. The van der Waals surface area contributed by atoms with Gasteiger partial charge in [0.05, 0.1) is 19.0 Å². The fourth-order valence-electron chi connectivity index (χ4n) is 4.15. The first-order chi connectivity index (χ1) is 15.2. The van der Waals surface area contributed by atoms with Crippen LogP contribution in [0.15, 0.2) is 40.2 Å². The van der Waals surface area contributed by atoms with Crippen molar-refractivity contribution in [2.24, 2.45) is 0 Å². The Hall–Kier alpha value is -2.16. The van der Waals surface area contributed by atoms with Gasteiger partial charge >= 0.3 is 5.69 Å². The van der Waals surface area contributed by atoms with E-state index >= 15 is 0 Å². The smallest absolute Gasteiger partial charge is 0.348 e. The molecule has 1 N–H and O–H groups in total. The third-order valence-electron chi connectivity index (χ3n) is 5.87. The van der Waals surface area contributed by atoms with Crippen LogP contribution in [0.2, 0.25) is 0 Å². The maximum absolute atomic E-state index is 12.8. The van der Waals surface area contributed by atoms with Gasteiger partial charge in [-0.3, -0.25) is 14.3 Å². The molecule has 0 bridgehead atoms. The summed E-state index contributed by atoms with van der Waals surface area (Å²) in [5.41, 5.74) is 3.15. The van der Waals surface area contributed by atoms with Crippen LogP contribution in [0, 0.1) is 0 Å². The van der Waals surface area contributed by atoms with Crippen molar-refractivity contribution in [2.75, 3.05) is 38.6 Å². The zero-order valence-corrected chi connectivity index (χ0v) is 18.7. The summed E-state index contributed by atoms with van der Waals surface area (Å²) in [6.45, 7) is 5.35. The molecule has 166 valence electrons. The topological polar surface area (TPSA) is 76.5 Å². The number of hydrogen-bond donors (Lipinski definition) is 1. The van der Waals surface area contributed by atoms with Crippen LogP contribution in [0.4, 0.5) is 0 Å². The van der Waals surface area contributed by atoms with E-state index in [1.807, 2.05) is 34.9 Å². The first-order valence-corrected chi connectivity index (χ1v) is 12.1. The monoisotopic (exact) mass is 442 g/mol. The van der Waals surface area contributed by atoms with Crippen LogP contribution in [-0.4, -0.2) is 59.0 Å². The number of amides is 1. The second kappa shape index (κ2) is 10.9. The van der Waals surface area contributed by atoms with E-state index in [0.29, 0.717) is 13.1 Å². The van der Waals surface area contributed by atoms with Gasteiger partial charge in [-0.2, -0.15) is 4.98 Å². The van der Waals surface area contributed by atoms with Crippen molar-refractivity contribution in [1.82, 2.24) is 19.8 Å². The maximum atomic E-state index is 12.8. The molecule has 1 aromatic heterocycles. The van der Waals surface area contributed by atoms with E-state index in [0.717, 1.165) is 80.4 Å². The van der Waals surface area contributed by atoms with Crippen molar-refractivity contribution in [2.45, 2.75) is 43.8 Å². The molecule has 1 amide bonds. The van der Waals surface area contributed by atoms with Crippen LogP contribution >= 0.6 is 11.8 Å². The highest BCUT2D eigenvalue weighted by atomic mass is 32.2. The van der Waals surface area contributed by atoms with Crippen molar-refractivity contribution >= 4 is 17.7 Å². The van der Waals surface area contributed by atoms with Crippen LogP contribution < -0.4 is 11.0 Å². The minimum absolute atomic E-state index is 0.0447. The molecule has 0 radical (unpaired) electrons. The predicted octanol–water partition coefficient (Wildman–Crippen LogP) is 1.86. The molecule has 1 aliphatic carbocycles. The molecule has 0 saturated carbocycles. The summed E-state index contributed by atoms with van der Waals surface area (Å²) in [7, 11) is 0. The number of benzene rings is 1. The Balaban J connectivity index is 1.40. The Morgan fingerprint density at radius 2 is 1.87 bits per heavy atom. The summed E-state index contributed by atoms with van der Waals surface area (Å²) in [4.78, 5) is 31.9. The molecule has 1 saturated heterocycles. The molecule has 2 heterocycles. The molecular weight excluding hydrogens is 412 g/mol. The van der Waals surface area contributed by atoms with Crippen molar-refractivity contribution in [3.8, 4) is 0 Å². The summed E-state index contributed by atoms with van der Waals surface area (Å²) >= 11 is 1.38. The van der Waals surface area contributed by atoms with Crippen molar-refractivity contribution in [3.05, 3.63) is 57.6 Å². The van der Waals surface area contributed by atoms with E-state index in [1.54, 1.807) is 0 Å². The molecule has 1 fully saturated rings. The lowest BCUT2D eigenvalue weighted by Gasteiger charge is -2.28. The second-order valence-electron chi connectivity index (χ2n) is 7.99. The van der Waals surface area contributed by atoms with Crippen LogP contribution in [0.1, 0.15) is 29.7 Å². The molecule has 1 aliphatic heterocycles. The van der Waals surface area contributed by atoms with Crippen molar-refractivity contribution < 1.29 is 9.53 Å². The van der Waals surface area contributed by atoms with Gasteiger partial charge in [0, 0.05) is 44.0 Å². The van der Waals surface area contributed by atoms with Crippen LogP contribution in [0.25, 0.3) is 0 Å². The van der Waals surface area contributed by atoms with Gasteiger partial charge in [0.2, 0.25) is 5.91 Å². The zero-order chi connectivity index (χ0) is 21.5. The largest absolute Gasteiger partial charge is 0.379 e. The van der Waals surface area contributed by atoms with Crippen molar-refractivity contribution in [3.63, 3.8) is 0 Å². The summed E-state index contributed by atoms with van der Waals surface area (Å²) < 4.78 is 7.28. The minimum Gasteiger partial charge on any atom is -0.379 e. The van der Waals surface area contributed by atoms with Gasteiger partial charge in [-0.1, -0.05) is 42.1 Å². The summed E-state index contributed by atoms with van der Waals surface area (Å²) in [5.74, 6) is 0.223. The van der Waals surface area contributed by atoms with E-state index in [2.05, 4.69) is 15.2 Å². The molecule has 4 rings (SSSR count). The SMILES string of the molecule is O=C(CSc1nc(=O)n(CCN2CCOCC2)c2c1CCCC2)NCc1ccccc1. The number of carbonyl (C=O) groups is 1. The second-order valence-corrected chi connectivity index (χ2v) is 8.95. The predicted molar refractivity (Wildman–Crippen MR) is 121 cm³/mol.